The molecule has 1 aliphatic rings. The van der Waals surface area contributed by atoms with Gasteiger partial charge in [-0.25, -0.2) is 4.79 Å². The molecule has 0 aromatic heterocycles. The highest BCUT2D eigenvalue weighted by molar-refractivity contribution is 6.62. The van der Waals surface area contributed by atoms with E-state index in [2.05, 4.69) is 0 Å². The van der Waals surface area contributed by atoms with Crippen molar-refractivity contribution in [2.75, 3.05) is 0 Å². The molecule has 6 heteroatoms. The van der Waals surface area contributed by atoms with Crippen LogP contribution >= 0.6 is 0 Å². The van der Waals surface area contributed by atoms with Crippen LogP contribution in [0.1, 0.15) is 43.6 Å². The third kappa shape index (κ3) is 3.62. The highest BCUT2D eigenvalue weighted by atomic mass is 16.7. The second kappa shape index (κ2) is 6.78. The Balaban J connectivity index is 1.86. The van der Waals surface area contributed by atoms with Crippen molar-refractivity contribution in [1.29, 1.82) is 0 Å². The van der Waals surface area contributed by atoms with Crippen molar-refractivity contribution >= 4 is 18.6 Å². The zero-order chi connectivity index (χ0) is 18.9. The molecule has 0 unspecified atom stereocenters. The molecule has 5 nitrogen and oxygen atoms in total. The smallest absolute Gasteiger partial charge is 0.488 e. The Labute approximate surface area is 154 Å². The van der Waals surface area contributed by atoms with Gasteiger partial charge in [0.2, 0.25) is 0 Å². The summed E-state index contributed by atoms with van der Waals surface area (Å²) in [4.78, 5) is 11.5. The molecule has 0 spiro atoms. The molecule has 0 radical (unpaired) electrons. The zero-order valence-electron chi connectivity index (χ0n) is 15.5. The zero-order valence-corrected chi connectivity index (χ0v) is 15.5. The van der Waals surface area contributed by atoms with Crippen LogP contribution < -0.4 is 10.2 Å². The summed E-state index contributed by atoms with van der Waals surface area (Å²) in [6.07, 6.45) is 0. The third-order valence-electron chi connectivity index (χ3n) is 5.00. The standard InChI is InChI=1S/C20H23BO5/c1-19(2)20(3,4)26-21(25-19)15-10-11-16(18(22)23)17(12-15)24-13-14-8-6-5-7-9-14/h5-12H,13H2,1-4H3,(H,22,23). The van der Waals surface area contributed by atoms with Gasteiger partial charge in [0.1, 0.15) is 17.9 Å². The first kappa shape index (κ1) is 18.5. The van der Waals surface area contributed by atoms with Gasteiger partial charge in [0.05, 0.1) is 11.2 Å². The summed E-state index contributed by atoms with van der Waals surface area (Å²) in [6.45, 7) is 8.20. The van der Waals surface area contributed by atoms with Crippen LogP contribution in [-0.2, 0) is 15.9 Å². The van der Waals surface area contributed by atoms with Crippen LogP contribution in [0.4, 0.5) is 0 Å². The average Bonchev–Trinajstić information content (AvgIpc) is 2.81. The van der Waals surface area contributed by atoms with Crippen LogP contribution in [0.3, 0.4) is 0 Å². The van der Waals surface area contributed by atoms with Gasteiger partial charge in [-0.15, -0.1) is 0 Å². The summed E-state index contributed by atoms with van der Waals surface area (Å²) in [6, 6.07) is 14.5. The van der Waals surface area contributed by atoms with Gasteiger partial charge in [0.25, 0.3) is 0 Å². The molecule has 0 atom stereocenters. The number of ether oxygens (including phenoxy) is 1. The van der Waals surface area contributed by atoms with E-state index in [-0.39, 0.29) is 12.2 Å². The highest BCUT2D eigenvalue weighted by Crippen LogP contribution is 2.36. The lowest BCUT2D eigenvalue weighted by Gasteiger charge is -2.32. The number of carbonyl (C=O) groups is 1. The Morgan fingerprint density at radius 3 is 2.23 bits per heavy atom. The van der Waals surface area contributed by atoms with E-state index in [1.54, 1.807) is 12.1 Å². The predicted octanol–water partition coefficient (Wildman–Crippen LogP) is 3.26. The minimum atomic E-state index is -1.03. The van der Waals surface area contributed by atoms with E-state index in [1.165, 1.54) is 6.07 Å². The molecular weight excluding hydrogens is 331 g/mol. The molecular formula is C20H23BO5. The van der Waals surface area contributed by atoms with E-state index in [1.807, 2.05) is 58.0 Å². The van der Waals surface area contributed by atoms with E-state index in [0.29, 0.717) is 5.75 Å². The SMILES string of the molecule is CC1(C)OB(c2ccc(C(=O)O)c(OCc3ccccc3)c2)OC1(C)C. The molecule has 0 saturated carbocycles. The second-order valence-electron chi connectivity index (χ2n) is 7.42. The number of rotatable bonds is 5. The van der Waals surface area contributed by atoms with Gasteiger partial charge in [0, 0.05) is 0 Å². The molecule has 0 amide bonds. The van der Waals surface area contributed by atoms with Gasteiger partial charge in [-0.05, 0) is 50.9 Å². The van der Waals surface area contributed by atoms with Gasteiger partial charge >= 0.3 is 13.1 Å². The van der Waals surface area contributed by atoms with E-state index in [4.69, 9.17) is 14.0 Å². The Bertz CT molecular complexity index is 785. The van der Waals surface area contributed by atoms with Crippen molar-refractivity contribution in [1.82, 2.24) is 0 Å². The van der Waals surface area contributed by atoms with Gasteiger partial charge in [-0.1, -0.05) is 36.4 Å². The number of carboxylic acid groups (broad SMARTS) is 1. The lowest BCUT2D eigenvalue weighted by atomic mass is 9.78. The van der Waals surface area contributed by atoms with Crippen molar-refractivity contribution in [3.63, 3.8) is 0 Å². The normalized spacial score (nSPS) is 17.9. The van der Waals surface area contributed by atoms with E-state index >= 15 is 0 Å². The van der Waals surface area contributed by atoms with Crippen LogP contribution in [0.2, 0.25) is 0 Å². The number of benzene rings is 2. The Morgan fingerprint density at radius 1 is 1.04 bits per heavy atom. The number of hydrogen-bond acceptors (Lipinski definition) is 4. The van der Waals surface area contributed by atoms with E-state index in [0.717, 1.165) is 11.0 Å². The number of hydrogen-bond donors (Lipinski definition) is 1. The van der Waals surface area contributed by atoms with Gasteiger partial charge in [-0.3, -0.25) is 0 Å². The Hall–Kier alpha value is -2.31. The lowest BCUT2D eigenvalue weighted by Crippen LogP contribution is -2.41. The number of aromatic carboxylic acids is 1. The first-order valence-electron chi connectivity index (χ1n) is 8.59. The van der Waals surface area contributed by atoms with Crippen molar-refractivity contribution in [2.45, 2.75) is 45.5 Å². The summed E-state index contributed by atoms with van der Waals surface area (Å²) >= 11 is 0. The minimum Gasteiger partial charge on any atom is -0.488 e. The fraction of sp³-hybridized carbons (Fsp3) is 0.350. The monoisotopic (exact) mass is 354 g/mol. The summed E-state index contributed by atoms with van der Waals surface area (Å²) in [5.74, 6) is -0.734. The molecule has 26 heavy (non-hydrogen) atoms. The molecule has 0 aliphatic carbocycles. The van der Waals surface area contributed by atoms with Crippen LogP contribution in [-0.4, -0.2) is 29.4 Å². The molecule has 1 saturated heterocycles. The molecule has 1 heterocycles. The largest absolute Gasteiger partial charge is 0.494 e. The first-order valence-corrected chi connectivity index (χ1v) is 8.59. The van der Waals surface area contributed by atoms with Crippen molar-refractivity contribution in [3.8, 4) is 5.75 Å². The topological polar surface area (TPSA) is 65.0 Å². The Morgan fingerprint density at radius 2 is 1.65 bits per heavy atom. The van der Waals surface area contributed by atoms with Crippen LogP contribution in [0.15, 0.2) is 48.5 Å². The molecule has 1 fully saturated rings. The molecule has 1 N–H and O–H groups in total. The third-order valence-corrected chi connectivity index (χ3v) is 5.00. The lowest BCUT2D eigenvalue weighted by molar-refractivity contribution is 0.00578. The fourth-order valence-corrected chi connectivity index (χ4v) is 2.70. The van der Waals surface area contributed by atoms with E-state index < -0.39 is 24.3 Å². The second-order valence-corrected chi connectivity index (χ2v) is 7.42. The predicted molar refractivity (Wildman–Crippen MR) is 99.9 cm³/mol. The average molecular weight is 354 g/mol. The molecule has 136 valence electrons. The molecule has 2 aromatic carbocycles. The van der Waals surface area contributed by atoms with Crippen molar-refractivity contribution < 1.29 is 23.9 Å². The number of carboxylic acids is 1. The maximum atomic E-state index is 11.5. The maximum Gasteiger partial charge on any atom is 0.494 e. The van der Waals surface area contributed by atoms with Crippen LogP contribution in [0.25, 0.3) is 0 Å². The maximum absolute atomic E-state index is 11.5. The minimum absolute atomic E-state index is 0.112. The molecule has 0 bridgehead atoms. The van der Waals surface area contributed by atoms with Gasteiger partial charge in [-0.2, -0.15) is 0 Å². The first-order chi connectivity index (χ1) is 12.2. The fourth-order valence-electron chi connectivity index (χ4n) is 2.70. The highest BCUT2D eigenvalue weighted by Gasteiger charge is 2.51. The molecule has 3 rings (SSSR count). The van der Waals surface area contributed by atoms with E-state index in [9.17, 15) is 9.90 Å². The van der Waals surface area contributed by atoms with Gasteiger partial charge < -0.3 is 19.2 Å². The van der Waals surface area contributed by atoms with Gasteiger partial charge in [0.15, 0.2) is 0 Å². The van der Waals surface area contributed by atoms with Crippen molar-refractivity contribution in [3.05, 3.63) is 59.7 Å². The summed E-state index contributed by atoms with van der Waals surface area (Å²) in [5, 5.41) is 9.44. The Kier molecular flexibility index (Phi) is 4.82. The molecule has 2 aromatic rings. The van der Waals surface area contributed by atoms with Crippen LogP contribution in [0.5, 0.6) is 5.75 Å². The summed E-state index contributed by atoms with van der Waals surface area (Å²) < 4.78 is 17.9. The van der Waals surface area contributed by atoms with Crippen molar-refractivity contribution in [2.24, 2.45) is 0 Å². The molecule has 1 aliphatic heterocycles. The summed E-state index contributed by atoms with van der Waals surface area (Å²) in [5.41, 5.74) is 0.880. The summed E-state index contributed by atoms with van der Waals surface area (Å²) in [7, 11) is -0.568. The van der Waals surface area contributed by atoms with Crippen LogP contribution in [0, 0.1) is 0 Å². The quantitative estimate of drug-likeness (QED) is 0.835.